The summed E-state index contributed by atoms with van der Waals surface area (Å²) in [5, 5.41) is 3.14. The van der Waals surface area contributed by atoms with Crippen molar-refractivity contribution in [3.8, 4) is 11.6 Å². The van der Waals surface area contributed by atoms with E-state index >= 15 is 0 Å². The van der Waals surface area contributed by atoms with Crippen molar-refractivity contribution >= 4 is 17.5 Å². The van der Waals surface area contributed by atoms with E-state index in [4.69, 9.17) is 9.72 Å². The van der Waals surface area contributed by atoms with Crippen LogP contribution in [0.3, 0.4) is 0 Å². The van der Waals surface area contributed by atoms with Crippen molar-refractivity contribution in [1.29, 1.82) is 0 Å². The second kappa shape index (κ2) is 10.3. The van der Waals surface area contributed by atoms with Gasteiger partial charge in [0.15, 0.2) is 0 Å². The van der Waals surface area contributed by atoms with Crippen molar-refractivity contribution in [2.24, 2.45) is 0 Å². The Balaban J connectivity index is 1.28. The first-order valence-corrected chi connectivity index (χ1v) is 11.6. The number of nitrogens with zero attached hydrogens (tertiary/aromatic N) is 5. The molecule has 176 valence electrons. The molecule has 2 aromatic carbocycles. The Morgan fingerprint density at radius 2 is 1.91 bits per heavy atom. The van der Waals surface area contributed by atoms with Gasteiger partial charge in [0.2, 0.25) is 11.8 Å². The van der Waals surface area contributed by atoms with Gasteiger partial charge in [-0.25, -0.2) is 15.0 Å². The molecule has 1 aliphatic rings. The number of carbonyl (C=O) groups is 1. The highest BCUT2D eigenvalue weighted by Crippen LogP contribution is 2.29. The molecule has 1 saturated heterocycles. The summed E-state index contributed by atoms with van der Waals surface area (Å²) in [5.41, 5.74) is 3.34. The molecule has 5 rings (SSSR count). The molecule has 0 saturated carbocycles. The van der Waals surface area contributed by atoms with Crippen LogP contribution in [0.2, 0.25) is 0 Å². The minimum absolute atomic E-state index is 0.00699. The second-order valence-corrected chi connectivity index (χ2v) is 8.57. The Hall–Kier alpha value is -4.33. The lowest BCUT2D eigenvalue weighted by atomic mass is 9.94. The predicted octanol–water partition coefficient (Wildman–Crippen LogP) is 5.13. The lowest BCUT2D eigenvalue weighted by Crippen LogP contribution is -2.39. The van der Waals surface area contributed by atoms with Crippen LogP contribution in [-0.4, -0.2) is 43.8 Å². The first-order chi connectivity index (χ1) is 17.1. The number of rotatable bonds is 6. The van der Waals surface area contributed by atoms with E-state index < -0.39 is 0 Å². The lowest BCUT2D eigenvalue weighted by molar-refractivity contribution is 0.0705. The number of piperidine rings is 1. The Morgan fingerprint density at radius 1 is 1.06 bits per heavy atom. The number of benzene rings is 2. The van der Waals surface area contributed by atoms with Crippen LogP contribution in [-0.2, 0) is 0 Å². The summed E-state index contributed by atoms with van der Waals surface area (Å²) in [6, 6.07) is 17.0. The molecule has 1 aliphatic heterocycles. The molecule has 0 aliphatic carbocycles. The monoisotopic (exact) mass is 466 g/mol. The third-order valence-corrected chi connectivity index (χ3v) is 5.90. The van der Waals surface area contributed by atoms with Gasteiger partial charge in [-0.3, -0.25) is 9.78 Å². The number of ether oxygens (including phenoxy) is 1. The molecule has 1 unspecified atom stereocenters. The van der Waals surface area contributed by atoms with Crippen LogP contribution in [0.5, 0.6) is 11.6 Å². The highest BCUT2D eigenvalue weighted by atomic mass is 16.5. The maximum Gasteiger partial charge on any atom is 0.253 e. The minimum Gasteiger partial charge on any atom is -0.437 e. The van der Waals surface area contributed by atoms with Crippen molar-refractivity contribution in [2.75, 3.05) is 18.4 Å². The van der Waals surface area contributed by atoms with Crippen LogP contribution in [0.15, 0.2) is 79.4 Å². The van der Waals surface area contributed by atoms with Crippen molar-refractivity contribution in [2.45, 2.75) is 25.7 Å². The molecule has 4 aromatic rings. The van der Waals surface area contributed by atoms with Gasteiger partial charge in [0.1, 0.15) is 5.75 Å². The SMILES string of the molecule is Cc1cccc(Oc2cncc(C3CCCN(C(=O)c4cccc(Nc5ncccn5)c4)C3)n2)c1. The highest BCUT2D eigenvalue weighted by molar-refractivity contribution is 5.95. The van der Waals surface area contributed by atoms with Crippen LogP contribution < -0.4 is 10.1 Å². The quantitative estimate of drug-likeness (QED) is 0.421. The molecule has 2 aromatic heterocycles. The Bertz CT molecular complexity index is 1310. The van der Waals surface area contributed by atoms with E-state index in [9.17, 15) is 4.79 Å². The zero-order valence-corrected chi connectivity index (χ0v) is 19.5. The van der Waals surface area contributed by atoms with Gasteiger partial charge in [0.05, 0.1) is 11.9 Å². The van der Waals surface area contributed by atoms with E-state index in [0.717, 1.165) is 35.5 Å². The number of hydrogen-bond donors (Lipinski definition) is 1. The van der Waals surface area contributed by atoms with E-state index in [0.29, 0.717) is 30.5 Å². The number of aryl methyl sites for hydroxylation is 1. The largest absolute Gasteiger partial charge is 0.437 e. The van der Waals surface area contributed by atoms with Gasteiger partial charge < -0.3 is 15.0 Å². The zero-order valence-electron chi connectivity index (χ0n) is 19.5. The molecule has 1 atom stereocenters. The Labute approximate surface area is 204 Å². The average Bonchev–Trinajstić information content (AvgIpc) is 2.89. The van der Waals surface area contributed by atoms with Crippen LogP contribution in [0.1, 0.15) is 40.4 Å². The molecule has 35 heavy (non-hydrogen) atoms. The van der Waals surface area contributed by atoms with Gasteiger partial charge in [-0.1, -0.05) is 18.2 Å². The third kappa shape index (κ3) is 5.60. The molecular formula is C27H26N6O2. The summed E-state index contributed by atoms with van der Waals surface area (Å²) in [4.78, 5) is 32.6. The van der Waals surface area contributed by atoms with E-state index in [1.165, 1.54) is 0 Å². The highest BCUT2D eigenvalue weighted by Gasteiger charge is 2.27. The maximum atomic E-state index is 13.3. The molecule has 8 heteroatoms. The second-order valence-electron chi connectivity index (χ2n) is 8.57. The number of nitrogens with one attached hydrogen (secondary N) is 1. The van der Waals surface area contributed by atoms with Gasteiger partial charge in [0, 0.05) is 48.8 Å². The standard InChI is InChI=1S/C27H26N6O2/c1-19-6-2-10-23(14-19)35-25-17-28-16-24(32-25)21-8-4-13-33(18-21)26(34)20-7-3-9-22(15-20)31-27-29-11-5-12-30-27/h2-3,5-7,9-12,14-17,21H,4,8,13,18H2,1H3,(H,29,30,31). The number of hydrogen-bond acceptors (Lipinski definition) is 7. The lowest BCUT2D eigenvalue weighted by Gasteiger charge is -2.32. The van der Waals surface area contributed by atoms with Gasteiger partial charge in [-0.2, -0.15) is 0 Å². The number of amides is 1. The van der Waals surface area contributed by atoms with Crippen LogP contribution >= 0.6 is 0 Å². The Morgan fingerprint density at radius 3 is 2.77 bits per heavy atom. The summed E-state index contributed by atoms with van der Waals surface area (Å²) < 4.78 is 5.92. The molecule has 0 radical (unpaired) electrons. The van der Waals surface area contributed by atoms with Gasteiger partial charge in [-0.15, -0.1) is 0 Å². The molecule has 1 amide bonds. The number of carbonyl (C=O) groups excluding carboxylic acids is 1. The maximum absolute atomic E-state index is 13.3. The van der Waals surface area contributed by atoms with E-state index in [2.05, 4.69) is 20.3 Å². The summed E-state index contributed by atoms with van der Waals surface area (Å²) in [5.74, 6) is 1.76. The normalized spacial score (nSPS) is 15.5. The van der Waals surface area contributed by atoms with Gasteiger partial charge in [0.25, 0.3) is 5.91 Å². The molecule has 3 heterocycles. The van der Waals surface area contributed by atoms with Crippen LogP contribution in [0.4, 0.5) is 11.6 Å². The van der Waals surface area contributed by atoms with Crippen molar-refractivity contribution < 1.29 is 9.53 Å². The summed E-state index contributed by atoms with van der Waals surface area (Å²) in [7, 11) is 0. The molecule has 0 spiro atoms. The smallest absolute Gasteiger partial charge is 0.253 e. The van der Waals surface area contributed by atoms with E-state index in [1.54, 1.807) is 30.9 Å². The van der Waals surface area contributed by atoms with Crippen molar-refractivity contribution in [1.82, 2.24) is 24.8 Å². The van der Waals surface area contributed by atoms with E-state index in [-0.39, 0.29) is 11.8 Å². The third-order valence-electron chi connectivity index (χ3n) is 5.90. The topological polar surface area (TPSA) is 93.1 Å². The Kier molecular flexibility index (Phi) is 6.61. The fourth-order valence-electron chi connectivity index (χ4n) is 4.22. The van der Waals surface area contributed by atoms with Crippen LogP contribution in [0.25, 0.3) is 0 Å². The van der Waals surface area contributed by atoms with Gasteiger partial charge in [-0.05, 0) is 61.7 Å². The first-order valence-electron chi connectivity index (χ1n) is 11.6. The average molecular weight is 467 g/mol. The van der Waals surface area contributed by atoms with Gasteiger partial charge >= 0.3 is 0 Å². The molecule has 1 fully saturated rings. The number of aromatic nitrogens is 4. The van der Waals surface area contributed by atoms with E-state index in [1.807, 2.05) is 60.4 Å². The molecular weight excluding hydrogens is 440 g/mol. The molecule has 8 nitrogen and oxygen atoms in total. The fourth-order valence-corrected chi connectivity index (χ4v) is 4.22. The summed E-state index contributed by atoms with van der Waals surface area (Å²) in [6.07, 6.45) is 8.57. The molecule has 1 N–H and O–H groups in total. The van der Waals surface area contributed by atoms with Crippen LogP contribution in [0, 0.1) is 6.92 Å². The number of likely N-dealkylation sites (tertiary alicyclic amines) is 1. The zero-order chi connectivity index (χ0) is 24.0. The predicted molar refractivity (Wildman–Crippen MR) is 133 cm³/mol. The first kappa shape index (κ1) is 22.5. The van der Waals surface area contributed by atoms with Crippen molar-refractivity contribution in [3.63, 3.8) is 0 Å². The summed E-state index contributed by atoms with van der Waals surface area (Å²) in [6.45, 7) is 3.31. The minimum atomic E-state index is -0.00699. The molecule has 0 bridgehead atoms. The number of anilines is 2. The fraction of sp³-hybridized carbons (Fsp3) is 0.222. The van der Waals surface area contributed by atoms with Crippen molar-refractivity contribution in [3.05, 3.63) is 96.2 Å². The summed E-state index contributed by atoms with van der Waals surface area (Å²) >= 11 is 0.